The van der Waals surface area contributed by atoms with Gasteiger partial charge in [-0.15, -0.1) is 0 Å². The molecule has 0 aromatic heterocycles. The maximum atomic E-state index is 7.44. The summed E-state index contributed by atoms with van der Waals surface area (Å²) < 4.78 is 0. The summed E-state index contributed by atoms with van der Waals surface area (Å²) in [7, 11) is 3.31. The van der Waals surface area contributed by atoms with Crippen LogP contribution in [0.4, 0.5) is 0 Å². The Morgan fingerprint density at radius 3 is 2.00 bits per heavy atom. The van der Waals surface area contributed by atoms with E-state index >= 15 is 0 Å². The van der Waals surface area contributed by atoms with Gasteiger partial charge in [0.25, 0.3) is 0 Å². The van der Waals surface area contributed by atoms with Gasteiger partial charge in [-0.25, -0.2) is 0 Å². The van der Waals surface area contributed by atoms with E-state index in [0.29, 0.717) is 0 Å². The molecule has 4 heavy (non-hydrogen) atoms. The Morgan fingerprint density at radius 1 is 1.75 bits per heavy atom. The fourth-order valence-corrected chi connectivity index (χ4v) is 0. The molecule has 0 aromatic rings. The summed E-state index contributed by atoms with van der Waals surface area (Å²) in [5.74, 6) is 0. The molecular weight excluding hydrogens is 70.0 g/mol. The molecule has 0 radical (unpaired) electrons. The molecular formula is C2NP. The minimum absolute atomic E-state index is 1.54. The van der Waals surface area contributed by atoms with Crippen LogP contribution in [-0.2, 0) is 0 Å². The van der Waals surface area contributed by atoms with Gasteiger partial charge in [-0.2, -0.15) is 0 Å². The van der Waals surface area contributed by atoms with Crippen molar-refractivity contribution in [3.05, 3.63) is 0 Å². The second-order valence-electron chi connectivity index (χ2n) is 0.224. The van der Waals surface area contributed by atoms with Crippen LogP contribution < -0.4 is 0 Å². The van der Waals surface area contributed by atoms with Crippen LogP contribution in [0.5, 0.6) is 0 Å². The number of hydrogen-bond acceptors (Lipinski definition) is 1. The average Bonchev–Trinajstić information content (AvgIpc) is 1.37. The van der Waals surface area contributed by atoms with Crippen LogP contribution in [0.1, 0.15) is 0 Å². The molecule has 0 saturated carbocycles. The van der Waals surface area contributed by atoms with Crippen molar-refractivity contribution in [2.45, 2.75) is 0 Å². The standard InChI is InChI=1S/C2NP/c3-1-2-4/i3+1. The summed E-state index contributed by atoms with van der Waals surface area (Å²) in [5.41, 5.74) is 1.93. The van der Waals surface area contributed by atoms with E-state index in [1.807, 2.05) is 5.63 Å². The first-order chi connectivity index (χ1) is 1.91. The van der Waals surface area contributed by atoms with Crippen molar-refractivity contribution >= 4 is 8.70 Å². The fourth-order valence-electron chi connectivity index (χ4n) is 0. The Bertz CT molecular complexity index is 61.0. The van der Waals surface area contributed by atoms with E-state index in [1.165, 1.54) is 0 Å². The van der Waals surface area contributed by atoms with Crippen molar-refractivity contribution < 1.29 is 0 Å². The van der Waals surface area contributed by atoms with Crippen molar-refractivity contribution in [3.8, 4) is 11.7 Å². The van der Waals surface area contributed by atoms with Crippen LogP contribution in [0.25, 0.3) is 0 Å². The van der Waals surface area contributed by atoms with E-state index in [1.54, 1.807) is 6.07 Å². The zero-order valence-corrected chi connectivity index (χ0v) is 2.79. The first-order valence-electron chi connectivity index (χ1n) is 0.697. The number of rotatable bonds is 0. The molecule has 0 aliphatic carbocycles. The number of nitrogens with zero attached hydrogens (tertiary/aromatic N) is 1. The number of nitriles is 1. The average molecular weight is 70.0 g/mol. The summed E-state index contributed by atoms with van der Waals surface area (Å²) in [6.07, 6.45) is 0. The third-order valence-corrected chi connectivity index (χ3v) is 0.150. The predicted molar refractivity (Wildman–Crippen MR) is 16.4 cm³/mol. The van der Waals surface area contributed by atoms with Crippen LogP contribution in [0.2, 0.25) is 0 Å². The third kappa shape index (κ3) is 1.70. The molecule has 0 saturated heterocycles. The van der Waals surface area contributed by atoms with Crippen LogP contribution in [0.15, 0.2) is 0 Å². The molecule has 2 heteroatoms. The molecule has 0 heterocycles. The zero-order valence-electron chi connectivity index (χ0n) is 1.89. The van der Waals surface area contributed by atoms with E-state index in [-0.39, 0.29) is 0 Å². The van der Waals surface area contributed by atoms with Crippen LogP contribution in [0.3, 0.4) is 0 Å². The molecule has 0 N–H and O–H groups in total. The molecule has 0 aliphatic rings. The Kier molecular flexibility index (Phi) is 2.50. The molecule has 0 atom stereocenters. The minimum atomic E-state index is 1.54. The van der Waals surface area contributed by atoms with Gasteiger partial charge in [-0.3, -0.25) is 0 Å². The first kappa shape index (κ1) is 3.70. The monoisotopic (exact) mass is 70.0 g/mol. The van der Waals surface area contributed by atoms with Crippen LogP contribution in [-0.4, -0.2) is 0 Å². The summed E-state index contributed by atoms with van der Waals surface area (Å²) in [5, 5.41) is 7.44. The molecule has 0 spiro atoms. The Hall–Kier alpha value is -0.300. The quantitative estimate of drug-likeness (QED) is 0.306. The Balaban J connectivity index is 3.14. The van der Waals surface area contributed by atoms with Gasteiger partial charge in [-0.1, -0.05) is 0 Å². The molecule has 0 fully saturated rings. The summed E-state index contributed by atoms with van der Waals surface area (Å²) in [4.78, 5) is 0. The van der Waals surface area contributed by atoms with Gasteiger partial charge >= 0.3 is 25.7 Å². The van der Waals surface area contributed by atoms with Gasteiger partial charge in [0.2, 0.25) is 0 Å². The normalized spacial score (nSPS) is 2.50. The van der Waals surface area contributed by atoms with Gasteiger partial charge in [0, 0.05) is 0 Å². The van der Waals surface area contributed by atoms with E-state index in [0.717, 1.165) is 0 Å². The second kappa shape index (κ2) is 2.70. The third-order valence-electron chi connectivity index (χ3n) is 0.0500. The van der Waals surface area contributed by atoms with E-state index in [2.05, 4.69) is 8.70 Å². The molecule has 18 valence electrons. The predicted octanol–water partition coefficient (Wildman–Crippen LogP) is 0.880. The molecule has 0 amide bonds. The van der Waals surface area contributed by atoms with Crippen molar-refractivity contribution in [1.82, 2.24) is 0 Å². The Morgan fingerprint density at radius 2 is 2.00 bits per heavy atom. The van der Waals surface area contributed by atoms with Gasteiger partial charge in [-0.05, 0) is 0 Å². The van der Waals surface area contributed by atoms with E-state index < -0.39 is 0 Å². The van der Waals surface area contributed by atoms with E-state index in [9.17, 15) is 0 Å². The zero-order chi connectivity index (χ0) is 3.41. The fraction of sp³-hybridized carbons (Fsp3) is 0. The Labute approximate surface area is 26.7 Å². The molecule has 0 unspecified atom stereocenters. The van der Waals surface area contributed by atoms with Gasteiger partial charge < -0.3 is 0 Å². The van der Waals surface area contributed by atoms with Crippen LogP contribution in [0, 0.1) is 17.0 Å². The first-order valence-corrected chi connectivity index (χ1v) is 1.14. The topological polar surface area (TPSA) is 23.8 Å². The molecule has 0 aliphatic heterocycles. The number of hydrogen-bond donors (Lipinski definition) is 0. The molecule has 0 aromatic carbocycles. The van der Waals surface area contributed by atoms with Crippen molar-refractivity contribution in [2.24, 2.45) is 0 Å². The SMILES string of the molecule is [15N]#CC#P. The summed E-state index contributed by atoms with van der Waals surface area (Å²) >= 11 is 0. The van der Waals surface area contributed by atoms with Crippen molar-refractivity contribution in [2.75, 3.05) is 0 Å². The second-order valence-corrected chi connectivity index (χ2v) is 0.447. The summed E-state index contributed by atoms with van der Waals surface area (Å²) in [6.45, 7) is 0. The molecule has 0 bridgehead atoms. The van der Waals surface area contributed by atoms with Crippen LogP contribution >= 0.6 is 8.70 Å². The maximum absolute atomic E-state index is 7.44. The van der Waals surface area contributed by atoms with E-state index in [4.69, 9.17) is 5.26 Å². The van der Waals surface area contributed by atoms with Crippen molar-refractivity contribution in [1.29, 1.82) is 5.26 Å². The van der Waals surface area contributed by atoms with Gasteiger partial charge in [0.1, 0.15) is 0 Å². The van der Waals surface area contributed by atoms with Crippen molar-refractivity contribution in [3.63, 3.8) is 0 Å². The van der Waals surface area contributed by atoms with Gasteiger partial charge in [0.05, 0.1) is 0 Å². The summed E-state index contributed by atoms with van der Waals surface area (Å²) in [6, 6.07) is 1.54. The van der Waals surface area contributed by atoms with Gasteiger partial charge in [0.15, 0.2) is 0 Å². The molecule has 0 rings (SSSR count). The molecule has 1 nitrogen and oxygen atoms in total.